The molecule has 1 aliphatic heterocycles. The van der Waals surface area contributed by atoms with Crippen molar-refractivity contribution in [3.63, 3.8) is 0 Å². The van der Waals surface area contributed by atoms with E-state index in [0.29, 0.717) is 31.5 Å². The molecular weight excluding hydrogens is 337 g/mol. The zero-order valence-electron chi connectivity index (χ0n) is 13.1. The lowest BCUT2D eigenvalue weighted by Crippen LogP contribution is -2.42. The van der Waals surface area contributed by atoms with Crippen molar-refractivity contribution in [2.45, 2.75) is 25.1 Å². The summed E-state index contributed by atoms with van der Waals surface area (Å²) in [7, 11) is 0. The molecule has 1 fully saturated rings. The second kappa shape index (κ2) is 7.04. The van der Waals surface area contributed by atoms with Crippen molar-refractivity contribution >= 4 is 5.91 Å². The van der Waals surface area contributed by atoms with Crippen LogP contribution in [0.5, 0.6) is 6.01 Å². The Kier molecular flexibility index (Phi) is 4.82. The number of halogens is 3. The van der Waals surface area contributed by atoms with Crippen molar-refractivity contribution in [3.8, 4) is 6.01 Å². The molecule has 3 heterocycles. The Balaban J connectivity index is 1.57. The highest BCUT2D eigenvalue weighted by Crippen LogP contribution is 2.28. The number of alkyl halides is 3. The van der Waals surface area contributed by atoms with Crippen molar-refractivity contribution in [2.75, 3.05) is 13.1 Å². The number of nitrogens with zero attached hydrogens (tertiary/aromatic N) is 4. The molecule has 0 N–H and O–H groups in total. The molecule has 25 heavy (non-hydrogen) atoms. The van der Waals surface area contributed by atoms with Crippen molar-refractivity contribution in [2.24, 2.45) is 0 Å². The van der Waals surface area contributed by atoms with Crippen LogP contribution in [0.4, 0.5) is 13.2 Å². The summed E-state index contributed by atoms with van der Waals surface area (Å²) in [4.78, 5) is 25.0. The molecule has 2 aromatic heterocycles. The first-order valence-corrected chi connectivity index (χ1v) is 7.69. The van der Waals surface area contributed by atoms with Gasteiger partial charge < -0.3 is 9.64 Å². The van der Waals surface area contributed by atoms with Gasteiger partial charge in [0.15, 0.2) is 5.69 Å². The summed E-state index contributed by atoms with van der Waals surface area (Å²) in [5.41, 5.74) is -0.488. The number of carbonyl (C=O) groups excluding carboxylic acids is 1. The van der Waals surface area contributed by atoms with Crippen LogP contribution in [0.25, 0.3) is 0 Å². The molecule has 1 amide bonds. The van der Waals surface area contributed by atoms with E-state index in [-0.39, 0.29) is 18.0 Å². The van der Waals surface area contributed by atoms with E-state index in [9.17, 15) is 18.0 Å². The maximum Gasteiger partial charge on any atom is 0.433 e. The number of carbonyl (C=O) groups is 1. The summed E-state index contributed by atoms with van der Waals surface area (Å²) in [6.45, 7) is 0.898. The van der Waals surface area contributed by atoms with Crippen LogP contribution in [-0.4, -0.2) is 45.0 Å². The third kappa shape index (κ3) is 4.23. The maximum absolute atomic E-state index is 12.7. The van der Waals surface area contributed by atoms with E-state index in [2.05, 4.69) is 15.0 Å². The fourth-order valence-electron chi connectivity index (χ4n) is 2.56. The van der Waals surface area contributed by atoms with E-state index in [4.69, 9.17) is 4.74 Å². The van der Waals surface area contributed by atoms with Gasteiger partial charge in [-0.15, -0.1) is 0 Å². The van der Waals surface area contributed by atoms with E-state index >= 15 is 0 Å². The van der Waals surface area contributed by atoms with Crippen molar-refractivity contribution in [1.82, 2.24) is 19.9 Å². The van der Waals surface area contributed by atoms with E-state index in [1.54, 1.807) is 29.4 Å². The Hall–Kier alpha value is -2.71. The molecule has 1 aliphatic rings. The average molecular weight is 352 g/mol. The molecule has 0 spiro atoms. The quantitative estimate of drug-likeness (QED) is 0.849. The number of amides is 1. The molecule has 0 radical (unpaired) electrons. The molecule has 0 unspecified atom stereocenters. The molecule has 3 rings (SSSR count). The van der Waals surface area contributed by atoms with Gasteiger partial charge in [-0.05, 0) is 18.2 Å². The molecule has 0 atom stereocenters. The van der Waals surface area contributed by atoms with Crippen LogP contribution >= 0.6 is 0 Å². The van der Waals surface area contributed by atoms with Gasteiger partial charge in [0.2, 0.25) is 0 Å². The van der Waals surface area contributed by atoms with Gasteiger partial charge in [-0.2, -0.15) is 18.2 Å². The molecule has 2 aromatic rings. The van der Waals surface area contributed by atoms with Gasteiger partial charge in [-0.3, -0.25) is 9.78 Å². The number of likely N-dealkylation sites (tertiary alicyclic amines) is 1. The topological polar surface area (TPSA) is 68.2 Å². The fourth-order valence-corrected chi connectivity index (χ4v) is 2.56. The predicted molar refractivity (Wildman–Crippen MR) is 80.8 cm³/mol. The smallest absolute Gasteiger partial charge is 0.433 e. The van der Waals surface area contributed by atoms with E-state index in [1.807, 2.05) is 0 Å². The first-order chi connectivity index (χ1) is 11.9. The molecule has 0 saturated carbocycles. The Bertz CT molecular complexity index is 732. The fraction of sp³-hybridized carbons (Fsp3) is 0.375. The monoisotopic (exact) mass is 352 g/mol. The molecule has 6 nitrogen and oxygen atoms in total. The summed E-state index contributed by atoms with van der Waals surface area (Å²) in [6.07, 6.45) is 0.244. The number of rotatable bonds is 3. The van der Waals surface area contributed by atoms with Crippen LogP contribution in [0.2, 0.25) is 0 Å². The number of pyridine rings is 1. The molecule has 0 bridgehead atoms. The zero-order valence-corrected chi connectivity index (χ0v) is 13.1. The molecule has 1 saturated heterocycles. The number of hydrogen-bond donors (Lipinski definition) is 0. The lowest BCUT2D eigenvalue weighted by Gasteiger charge is -2.31. The molecule has 0 aromatic carbocycles. The van der Waals surface area contributed by atoms with Gasteiger partial charge in [0.1, 0.15) is 6.10 Å². The Morgan fingerprint density at radius 1 is 1.12 bits per heavy atom. The average Bonchev–Trinajstić information content (AvgIpc) is 2.62. The highest BCUT2D eigenvalue weighted by molar-refractivity contribution is 5.94. The first-order valence-electron chi connectivity index (χ1n) is 7.69. The largest absolute Gasteiger partial charge is 0.460 e. The SMILES string of the molecule is O=C(c1ccncc1)N1CCC(Oc2nccc(C(F)(F)F)n2)CC1. The van der Waals surface area contributed by atoms with Crippen LogP contribution < -0.4 is 4.74 Å². The maximum atomic E-state index is 12.7. The van der Waals surface area contributed by atoms with Crippen molar-refractivity contribution in [3.05, 3.63) is 48.0 Å². The highest BCUT2D eigenvalue weighted by atomic mass is 19.4. The van der Waals surface area contributed by atoms with Crippen molar-refractivity contribution < 1.29 is 22.7 Å². The molecular formula is C16H15F3N4O2. The molecule has 132 valence electrons. The summed E-state index contributed by atoms with van der Waals surface area (Å²) >= 11 is 0. The Morgan fingerprint density at radius 3 is 2.44 bits per heavy atom. The lowest BCUT2D eigenvalue weighted by molar-refractivity contribution is -0.141. The van der Waals surface area contributed by atoms with Crippen LogP contribution in [0.1, 0.15) is 28.9 Å². The van der Waals surface area contributed by atoms with Crippen LogP contribution in [-0.2, 0) is 6.18 Å². The van der Waals surface area contributed by atoms with Crippen molar-refractivity contribution in [1.29, 1.82) is 0 Å². The number of piperidine rings is 1. The van der Waals surface area contributed by atoms with E-state index < -0.39 is 11.9 Å². The minimum Gasteiger partial charge on any atom is -0.460 e. The normalized spacial score (nSPS) is 15.9. The number of ether oxygens (including phenoxy) is 1. The van der Waals surface area contributed by atoms with Crippen LogP contribution in [0.15, 0.2) is 36.8 Å². The lowest BCUT2D eigenvalue weighted by atomic mass is 10.1. The Labute approximate surface area is 141 Å². The molecule has 0 aliphatic carbocycles. The van der Waals surface area contributed by atoms with Gasteiger partial charge in [-0.1, -0.05) is 0 Å². The molecule has 9 heteroatoms. The number of aromatic nitrogens is 3. The van der Waals surface area contributed by atoms with Crippen LogP contribution in [0, 0.1) is 0 Å². The minimum atomic E-state index is -4.54. The third-order valence-corrected chi connectivity index (χ3v) is 3.85. The summed E-state index contributed by atoms with van der Waals surface area (Å²) in [6, 6.07) is 3.78. The number of hydrogen-bond acceptors (Lipinski definition) is 5. The third-order valence-electron chi connectivity index (χ3n) is 3.85. The standard InChI is InChI=1S/C16H15F3N4O2/c17-16(18,19)13-3-8-21-15(22-13)25-12-4-9-23(10-5-12)14(24)11-1-6-20-7-2-11/h1-3,6-8,12H,4-5,9-10H2. The Morgan fingerprint density at radius 2 is 1.80 bits per heavy atom. The summed E-state index contributed by atoms with van der Waals surface area (Å²) in [5, 5.41) is 0. The van der Waals surface area contributed by atoms with E-state index in [1.165, 1.54) is 0 Å². The van der Waals surface area contributed by atoms with Gasteiger partial charge in [0.05, 0.1) is 0 Å². The second-order valence-electron chi connectivity index (χ2n) is 5.57. The first kappa shape index (κ1) is 17.1. The van der Waals surface area contributed by atoms with Gasteiger partial charge in [0.25, 0.3) is 5.91 Å². The minimum absolute atomic E-state index is 0.101. The van der Waals surface area contributed by atoms with E-state index in [0.717, 1.165) is 12.3 Å². The van der Waals surface area contributed by atoms with Gasteiger partial charge in [0, 0.05) is 50.1 Å². The highest BCUT2D eigenvalue weighted by Gasteiger charge is 2.33. The van der Waals surface area contributed by atoms with Gasteiger partial charge in [-0.25, -0.2) is 4.98 Å². The second-order valence-corrected chi connectivity index (χ2v) is 5.57. The predicted octanol–water partition coefficient (Wildman–Crippen LogP) is 2.57. The summed E-state index contributed by atoms with van der Waals surface area (Å²) < 4.78 is 43.4. The van der Waals surface area contributed by atoms with Crippen LogP contribution in [0.3, 0.4) is 0 Å². The summed E-state index contributed by atoms with van der Waals surface area (Å²) in [5.74, 6) is -0.101. The van der Waals surface area contributed by atoms with Gasteiger partial charge >= 0.3 is 12.2 Å². The zero-order chi connectivity index (χ0) is 17.9.